The molecule has 0 aliphatic carbocycles. The number of nitrogens with one attached hydrogen (secondary N) is 1. The molecule has 23 heavy (non-hydrogen) atoms. The first-order chi connectivity index (χ1) is 11.3. The monoisotopic (exact) mass is 308 g/mol. The second-order valence-corrected chi connectivity index (χ2v) is 5.48. The van der Waals surface area contributed by atoms with Crippen LogP contribution in [0.1, 0.15) is 22.1 Å². The van der Waals surface area contributed by atoms with Crippen LogP contribution in [0.5, 0.6) is 0 Å². The van der Waals surface area contributed by atoms with Crippen molar-refractivity contribution in [2.24, 2.45) is 0 Å². The Bertz CT molecular complexity index is 826. The third-order valence-corrected chi connectivity index (χ3v) is 4.15. The molecular weight excluding hydrogens is 292 g/mol. The van der Waals surface area contributed by atoms with Crippen molar-refractivity contribution in [3.05, 3.63) is 60.0 Å². The Labute approximate surface area is 133 Å². The van der Waals surface area contributed by atoms with Crippen LogP contribution >= 0.6 is 0 Å². The van der Waals surface area contributed by atoms with E-state index < -0.39 is 0 Å². The van der Waals surface area contributed by atoms with Crippen molar-refractivity contribution in [3.8, 4) is 0 Å². The molecule has 0 saturated carbocycles. The fraction of sp³-hybridized carbons (Fsp3) is 0.235. The predicted molar refractivity (Wildman–Crippen MR) is 84.9 cm³/mol. The van der Waals surface area contributed by atoms with Crippen molar-refractivity contribution in [2.45, 2.75) is 6.04 Å². The number of fused-ring (bicyclic) bond motifs is 1. The normalized spacial score (nSPS) is 18.3. The summed E-state index contributed by atoms with van der Waals surface area (Å²) in [5.74, 6) is -0.00787. The maximum atomic E-state index is 13.1. The van der Waals surface area contributed by atoms with E-state index in [1.807, 2.05) is 41.3 Å². The molecule has 0 radical (unpaired) electrons. The molecule has 6 heteroatoms. The number of carbonyl (C=O) groups is 1. The second kappa shape index (κ2) is 5.81. The fourth-order valence-electron chi connectivity index (χ4n) is 3.00. The number of ether oxygens (including phenoxy) is 1. The van der Waals surface area contributed by atoms with E-state index in [9.17, 15) is 4.79 Å². The van der Waals surface area contributed by atoms with E-state index in [4.69, 9.17) is 4.74 Å². The number of aromatic amines is 1. The highest BCUT2D eigenvalue weighted by molar-refractivity contribution is 6.06. The number of morpholine rings is 1. The zero-order chi connectivity index (χ0) is 15.6. The first kappa shape index (κ1) is 13.9. The summed E-state index contributed by atoms with van der Waals surface area (Å²) in [5, 5.41) is 7.80. The van der Waals surface area contributed by atoms with Crippen molar-refractivity contribution in [1.29, 1.82) is 0 Å². The summed E-state index contributed by atoms with van der Waals surface area (Å²) in [4.78, 5) is 19.3. The fourth-order valence-corrected chi connectivity index (χ4v) is 3.00. The number of pyridine rings is 1. The van der Waals surface area contributed by atoms with Crippen LogP contribution < -0.4 is 0 Å². The van der Waals surface area contributed by atoms with Crippen molar-refractivity contribution < 1.29 is 9.53 Å². The van der Waals surface area contributed by atoms with Gasteiger partial charge in [0.1, 0.15) is 0 Å². The molecule has 1 aliphatic rings. The number of rotatable bonds is 2. The van der Waals surface area contributed by atoms with Gasteiger partial charge in [0.25, 0.3) is 5.91 Å². The molecule has 1 N–H and O–H groups in total. The number of amides is 1. The minimum absolute atomic E-state index is 0.00787. The Morgan fingerprint density at radius 3 is 3.04 bits per heavy atom. The molecular formula is C17H16N4O2. The van der Waals surface area contributed by atoms with Gasteiger partial charge in [-0.15, -0.1) is 0 Å². The van der Waals surface area contributed by atoms with Crippen LogP contribution in [0.2, 0.25) is 0 Å². The Hall–Kier alpha value is -2.73. The van der Waals surface area contributed by atoms with E-state index >= 15 is 0 Å². The summed E-state index contributed by atoms with van der Waals surface area (Å²) < 4.78 is 5.56. The molecule has 1 atom stereocenters. The molecule has 1 amide bonds. The van der Waals surface area contributed by atoms with Gasteiger partial charge >= 0.3 is 0 Å². The van der Waals surface area contributed by atoms with Crippen LogP contribution in [0.4, 0.5) is 0 Å². The quantitative estimate of drug-likeness (QED) is 0.787. The van der Waals surface area contributed by atoms with Gasteiger partial charge in [-0.2, -0.15) is 5.10 Å². The number of benzene rings is 1. The maximum absolute atomic E-state index is 13.1. The summed E-state index contributed by atoms with van der Waals surface area (Å²) in [7, 11) is 0. The zero-order valence-corrected chi connectivity index (χ0v) is 12.5. The van der Waals surface area contributed by atoms with E-state index in [0.717, 1.165) is 16.6 Å². The zero-order valence-electron chi connectivity index (χ0n) is 12.5. The standard InChI is InChI=1S/C17H16N4O2/c22-17(13-3-1-5-14-12(13)4-2-7-18-14)21-9-10-23-11-16(21)15-6-8-19-20-15/h1-8,16H,9-11H2,(H,19,20). The van der Waals surface area contributed by atoms with Crippen LogP contribution in [-0.4, -0.2) is 45.7 Å². The summed E-state index contributed by atoms with van der Waals surface area (Å²) in [5.41, 5.74) is 2.38. The average Bonchev–Trinajstić information content (AvgIpc) is 3.15. The van der Waals surface area contributed by atoms with Crippen LogP contribution in [0.25, 0.3) is 10.9 Å². The van der Waals surface area contributed by atoms with Gasteiger partial charge in [-0.05, 0) is 24.3 Å². The molecule has 0 spiro atoms. The molecule has 4 rings (SSSR count). The van der Waals surface area contributed by atoms with Gasteiger partial charge in [0.15, 0.2) is 0 Å². The molecule has 1 aliphatic heterocycles. The topological polar surface area (TPSA) is 71.1 Å². The molecule has 6 nitrogen and oxygen atoms in total. The molecule has 3 heterocycles. The van der Waals surface area contributed by atoms with E-state index in [1.165, 1.54) is 0 Å². The highest BCUT2D eigenvalue weighted by Crippen LogP contribution is 2.26. The third kappa shape index (κ3) is 2.47. The number of nitrogens with zero attached hydrogens (tertiary/aromatic N) is 3. The van der Waals surface area contributed by atoms with Crippen molar-refractivity contribution in [3.63, 3.8) is 0 Å². The molecule has 2 aromatic heterocycles. The van der Waals surface area contributed by atoms with Crippen molar-refractivity contribution >= 4 is 16.8 Å². The average molecular weight is 308 g/mol. The van der Waals surface area contributed by atoms with E-state index in [0.29, 0.717) is 25.3 Å². The van der Waals surface area contributed by atoms with Gasteiger partial charge < -0.3 is 9.64 Å². The number of H-pyrrole nitrogens is 1. The lowest BCUT2D eigenvalue weighted by atomic mass is 10.0. The lowest BCUT2D eigenvalue weighted by molar-refractivity contribution is -0.00380. The van der Waals surface area contributed by atoms with Gasteiger partial charge in [-0.25, -0.2) is 0 Å². The first-order valence-corrected chi connectivity index (χ1v) is 7.56. The van der Waals surface area contributed by atoms with Crippen LogP contribution in [0.15, 0.2) is 48.8 Å². The molecule has 3 aromatic rings. The second-order valence-electron chi connectivity index (χ2n) is 5.48. The third-order valence-electron chi connectivity index (χ3n) is 4.15. The van der Waals surface area contributed by atoms with Gasteiger partial charge in [-0.3, -0.25) is 14.9 Å². The number of hydrogen-bond donors (Lipinski definition) is 1. The maximum Gasteiger partial charge on any atom is 0.255 e. The number of aromatic nitrogens is 3. The molecule has 1 fully saturated rings. The van der Waals surface area contributed by atoms with Gasteiger partial charge in [-0.1, -0.05) is 12.1 Å². The van der Waals surface area contributed by atoms with Crippen molar-refractivity contribution in [2.75, 3.05) is 19.8 Å². The molecule has 116 valence electrons. The minimum Gasteiger partial charge on any atom is -0.377 e. The van der Waals surface area contributed by atoms with Crippen LogP contribution in [0.3, 0.4) is 0 Å². The summed E-state index contributed by atoms with van der Waals surface area (Å²) >= 11 is 0. The van der Waals surface area contributed by atoms with Gasteiger partial charge in [0.2, 0.25) is 0 Å². The summed E-state index contributed by atoms with van der Waals surface area (Å²) in [6, 6.07) is 11.2. The van der Waals surface area contributed by atoms with Gasteiger partial charge in [0.05, 0.1) is 30.5 Å². The summed E-state index contributed by atoms with van der Waals surface area (Å²) in [6.45, 7) is 1.56. The predicted octanol–water partition coefficient (Wildman–Crippen LogP) is 2.17. The Kier molecular flexibility index (Phi) is 3.51. The summed E-state index contributed by atoms with van der Waals surface area (Å²) in [6.07, 6.45) is 3.42. The highest BCUT2D eigenvalue weighted by atomic mass is 16.5. The number of hydrogen-bond acceptors (Lipinski definition) is 4. The van der Waals surface area contributed by atoms with E-state index in [2.05, 4.69) is 15.2 Å². The Morgan fingerprint density at radius 2 is 2.17 bits per heavy atom. The molecule has 1 aromatic carbocycles. The largest absolute Gasteiger partial charge is 0.377 e. The first-order valence-electron chi connectivity index (χ1n) is 7.56. The molecule has 0 bridgehead atoms. The number of carbonyl (C=O) groups excluding carboxylic acids is 1. The Balaban J connectivity index is 1.74. The lowest BCUT2D eigenvalue weighted by Crippen LogP contribution is -2.43. The Morgan fingerprint density at radius 1 is 1.22 bits per heavy atom. The van der Waals surface area contributed by atoms with Crippen molar-refractivity contribution in [1.82, 2.24) is 20.1 Å². The molecule has 1 unspecified atom stereocenters. The molecule has 1 saturated heterocycles. The smallest absolute Gasteiger partial charge is 0.255 e. The lowest BCUT2D eigenvalue weighted by Gasteiger charge is -2.35. The highest BCUT2D eigenvalue weighted by Gasteiger charge is 2.30. The van der Waals surface area contributed by atoms with Crippen LogP contribution in [-0.2, 0) is 4.74 Å². The minimum atomic E-state index is -0.148. The van der Waals surface area contributed by atoms with Crippen LogP contribution in [0, 0.1) is 0 Å². The van der Waals surface area contributed by atoms with E-state index in [-0.39, 0.29) is 11.9 Å². The van der Waals surface area contributed by atoms with E-state index in [1.54, 1.807) is 12.4 Å². The van der Waals surface area contributed by atoms with Gasteiger partial charge in [0, 0.05) is 29.9 Å². The SMILES string of the molecule is O=C(c1cccc2ncccc12)N1CCOCC1c1ccn[nH]1.